The fraction of sp³-hybridized carbons (Fsp3) is 0.353. The van der Waals surface area contributed by atoms with Crippen molar-refractivity contribution < 1.29 is 45.4 Å². The van der Waals surface area contributed by atoms with Crippen LogP contribution in [0.2, 0.25) is 0 Å². The first kappa shape index (κ1) is 35.3. The normalized spacial score (nSPS) is 18.5. The van der Waals surface area contributed by atoms with E-state index in [2.05, 4.69) is 6.58 Å². The van der Waals surface area contributed by atoms with Crippen LogP contribution < -0.4 is 0 Å². The molecule has 0 spiro atoms. The van der Waals surface area contributed by atoms with E-state index in [1.807, 2.05) is 0 Å². The van der Waals surface area contributed by atoms with Crippen molar-refractivity contribution in [2.45, 2.75) is 63.2 Å². The number of aryl methyl sites for hydroxylation is 1. The molecule has 1 aliphatic heterocycles. The Kier molecular flexibility index (Phi) is 10.3. The number of likely N-dealkylation sites (tertiary alicyclic amines) is 1. The molecule has 3 amide bonds. The second kappa shape index (κ2) is 13.7. The minimum absolute atomic E-state index is 0.0200. The Morgan fingerprint density at radius 2 is 1.57 bits per heavy atom. The number of rotatable bonds is 8. The fourth-order valence-electron chi connectivity index (χ4n) is 6.26. The van der Waals surface area contributed by atoms with Gasteiger partial charge in [0.1, 0.15) is 5.82 Å². The number of amides is 3. The van der Waals surface area contributed by atoms with Crippen LogP contribution in [0, 0.1) is 12.7 Å². The summed E-state index contributed by atoms with van der Waals surface area (Å²) in [6, 6.07) is 12.5. The van der Waals surface area contributed by atoms with Crippen molar-refractivity contribution in [1.29, 1.82) is 0 Å². The molecular weight excluding hydrogens is 631 g/mol. The van der Waals surface area contributed by atoms with Crippen LogP contribution in [0.4, 0.5) is 40.3 Å². The maximum Gasteiger partial charge on any atom is 0.416 e. The number of hydrogen-bond donors (Lipinski definition) is 1. The van der Waals surface area contributed by atoms with Crippen LogP contribution in [-0.4, -0.2) is 51.1 Å². The van der Waals surface area contributed by atoms with Crippen molar-refractivity contribution in [3.05, 3.63) is 119 Å². The maximum atomic E-state index is 14.2. The number of nitrogens with zero attached hydrogens (tertiary/aromatic N) is 3. The van der Waals surface area contributed by atoms with E-state index in [1.165, 1.54) is 35.0 Å². The molecule has 1 saturated heterocycles. The summed E-state index contributed by atoms with van der Waals surface area (Å²) in [7, 11) is 1.26. The molecule has 1 heterocycles. The summed E-state index contributed by atoms with van der Waals surface area (Å²) in [5.41, 5.74) is -2.72. The number of benzene rings is 3. The summed E-state index contributed by atoms with van der Waals surface area (Å²) in [6.45, 7) is 4.90. The van der Waals surface area contributed by atoms with Crippen LogP contribution in [-0.2, 0) is 25.4 Å². The second-order valence-electron chi connectivity index (χ2n) is 11.8. The predicted octanol–water partition coefficient (Wildman–Crippen LogP) is 9.06. The zero-order valence-corrected chi connectivity index (χ0v) is 25.7. The molecule has 1 fully saturated rings. The Bertz CT molecular complexity index is 1580. The van der Waals surface area contributed by atoms with Gasteiger partial charge < -0.3 is 14.9 Å². The lowest BCUT2D eigenvalue weighted by atomic mass is 9.76. The van der Waals surface area contributed by atoms with Crippen molar-refractivity contribution in [2.24, 2.45) is 0 Å². The smallest absolute Gasteiger partial charge is 0.416 e. The zero-order chi connectivity index (χ0) is 34.7. The van der Waals surface area contributed by atoms with E-state index >= 15 is 0 Å². The molecule has 0 bridgehead atoms. The van der Waals surface area contributed by atoms with E-state index in [0.717, 1.165) is 10.5 Å². The van der Waals surface area contributed by atoms with Gasteiger partial charge in [0, 0.05) is 26.7 Å². The highest BCUT2D eigenvalue weighted by atomic mass is 19.4. The summed E-state index contributed by atoms with van der Waals surface area (Å²) >= 11 is 0. The van der Waals surface area contributed by atoms with Gasteiger partial charge in [-0.2, -0.15) is 26.3 Å². The molecule has 0 aromatic heterocycles. The van der Waals surface area contributed by atoms with Gasteiger partial charge in [0.15, 0.2) is 0 Å². The molecule has 13 heteroatoms. The average Bonchev–Trinajstić information content (AvgIpc) is 2.99. The molecule has 0 saturated carbocycles. The number of alkyl halides is 6. The highest BCUT2D eigenvalue weighted by Gasteiger charge is 2.48. The molecule has 6 nitrogen and oxygen atoms in total. The Morgan fingerprint density at radius 1 is 0.957 bits per heavy atom. The lowest BCUT2D eigenvalue weighted by Gasteiger charge is -2.51. The maximum absolute atomic E-state index is 14.2. The van der Waals surface area contributed by atoms with Crippen molar-refractivity contribution in [3.8, 4) is 0 Å². The highest BCUT2D eigenvalue weighted by Crippen LogP contribution is 2.44. The van der Waals surface area contributed by atoms with Crippen molar-refractivity contribution >= 4 is 12.1 Å². The first-order chi connectivity index (χ1) is 21.9. The largest absolute Gasteiger partial charge is 0.465 e. The Morgan fingerprint density at radius 3 is 2.11 bits per heavy atom. The van der Waals surface area contributed by atoms with Crippen LogP contribution in [0.5, 0.6) is 0 Å². The third kappa shape index (κ3) is 8.06. The number of carbonyl (C=O) groups excluding carboxylic acids is 1. The van der Waals surface area contributed by atoms with E-state index in [4.69, 9.17) is 0 Å². The molecule has 4 rings (SSSR count). The molecule has 47 heavy (non-hydrogen) atoms. The summed E-state index contributed by atoms with van der Waals surface area (Å²) in [5, 5.41) is 10.4. The molecule has 0 radical (unpaired) electrons. The molecular formula is C34H34F7N3O3. The molecule has 0 aliphatic carbocycles. The van der Waals surface area contributed by atoms with Crippen LogP contribution in [0.1, 0.15) is 58.7 Å². The lowest BCUT2D eigenvalue weighted by Crippen LogP contribution is -2.59. The predicted molar refractivity (Wildman–Crippen MR) is 161 cm³/mol. The van der Waals surface area contributed by atoms with Gasteiger partial charge in [0.05, 0.1) is 22.7 Å². The van der Waals surface area contributed by atoms with Gasteiger partial charge in [-0.15, -0.1) is 6.58 Å². The zero-order valence-electron chi connectivity index (χ0n) is 25.7. The Labute approximate surface area is 267 Å². The summed E-state index contributed by atoms with van der Waals surface area (Å²) in [4.78, 5) is 30.5. The third-order valence-electron chi connectivity index (χ3n) is 8.51. The minimum atomic E-state index is -5.05. The first-order valence-electron chi connectivity index (χ1n) is 14.7. The van der Waals surface area contributed by atoms with Gasteiger partial charge in [0.2, 0.25) is 0 Å². The van der Waals surface area contributed by atoms with Gasteiger partial charge in [-0.3, -0.25) is 4.90 Å². The summed E-state index contributed by atoms with van der Waals surface area (Å²) in [5.74, 6) is -0.532. The monoisotopic (exact) mass is 665 g/mol. The average molecular weight is 666 g/mol. The molecule has 3 aromatic rings. The summed E-state index contributed by atoms with van der Waals surface area (Å²) < 4.78 is 95.1. The molecule has 3 aromatic carbocycles. The number of hydrogen-bond acceptors (Lipinski definition) is 2. The molecule has 252 valence electrons. The van der Waals surface area contributed by atoms with Crippen LogP contribution in [0.15, 0.2) is 79.4 Å². The van der Waals surface area contributed by atoms with Crippen LogP contribution >= 0.6 is 0 Å². The van der Waals surface area contributed by atoms with Crippen LogP contribution in [0.3, 0.4) is 0 Å². The quantitative estimate of drug-likeness (QED) is 0.193. The SMILES string of the molecule is C=CC[C@]1(N(Cc2ccccc2)C(=O)O)CCN(C(=O)N(C)Cc2cc(C(F)(F)F)cc(C(F)(F)F)c2)[C@@H](c2ccc(F)cc2C)C1. The number of carboxylic acid groups (broad SMARTS) is 1. The van der Waals surface area contributed by atoms with E-state index in [1.54, 1.807) is 43.3 Å². The number of halogens is 7. The first-order valence-corrected chi connectivity index (χ1v) is 14.7. The van der Waals surface area contributed by atoms with Crippen molar-refractivity contribution in [2.75, 3.05) is 13.6 Å². The number of urea groups is 1. The molecule has 2 atom stereocenters. The Hall–Kier alpha value is -4.55. The summed E-state index contributed by atoms with van der Waals surface area (Å²) in [6.07, 6.45) is -9.30. The number of piperidine rings is 1. The Balaban J connectivity index is 1.73. The highest BCUT2D eigenvalue weighted by molar-refractivity contribution is 5.75. The third-order valence-corrected chi connectivity index (χ3v) is 8.51. The molecule has 1 N–H and O–H groups in total. The molecule has 1 aliphatic rings. The lowest BCUT2D eigenvalue weighted by molar-refractivity contribution is -0.143. The van der Waals surface area contributed by atoms with Crippen LogP contribution in [0.25, 0.3) is 0 Å². The van der Waals surface area contributed by atoms with Gasteiger partial charge in [-0.25, -0.2) is 14.0 Å². The topological polar surface area (TPSA) is 64.1 Å². The second-order valence-corrected chi connectivity index (χ2v) is 11.8. The molecule has 0 unspecified atom stereocenters. The van der Waals surface area contributed by atoms with Gasteiger partial charge >= 0.3 is 24.5 Å². The van der Waals surface area contributed by atoms with E-state index in [-0.39, 0.29) is 44.0 Å². The minimum Gasteiger partial charge on any atom is -0.465 e. The van der Waals surface area contributed by atoms with Crippen molar-refractivity contribution in [1.82, 2.24) is 14.7 Å². The van der Waals surface area contributed by atoms with Gasteiger partial charge in [0.25, 0.3) is 0 Å². The van der Waals surface area contributed by atoms with Gasteiger partial charge in [-0.1, -0.05) is 42.5 Å². The standard InChI is InChI=1S/C34H34F7N3O3/c1-4-12-32(44(31(46)47)21-23-8-6-5-7-9-23)13-14-43(29(19-32)28-11-10-27(35)15-22(28)2)30(45)42(3)20-24-16-25(33(36,37)38)18-26(17-24)34(39,40)41/h4-11,15-18,29H,1,12-14,19-21H2,2-3H3,(H,46,47)/t29-,32+/m1/s1. The van der Waals surface area contributed by atoms with Crippen molar-refractivity contribution in [3.63, 3.8) is 0 Å². The fourth-order valence-corrected chi connectivity index (χ4v) is 6.26. The van der Waals surface area contributed by atoms with E-state index < -0.39 is 59.5 Å². The van der Waals surface area contributed by atoms with E-state index in [9.17, 15) is 45.4 Å². The van der Waals surface area contributed by atoms with Gasteiger partial charge in [-0.05, 0) is 78.8 Å². The van der Waals surface area contributed by atoms with E-state index in [0.29, 0.717) is 23.3 Å². The number of carbonyl (C=O) groups is 2.